The van der Waals surface area contributed by atoms with Crippen molar-refractivity contribution in [1.29, 1.82) is 0 Å². The van der Waals surface area contributed by atoms with Crippen LogP contribution in [0.25, 0.3) is 10.9 Å². The van der Waals surface area contributed by atoms with E-state index in [2.05, 4.69) is 4.74 Å². The van der Waals surface area contributed by atoms with E-state index in [-0.39, 0.29) is 5.75 Å². The Kier molecular flexibility index (Phi) is 5.45. The minimum atomic E-state index is -4.78. The predicted octanol–water partition coefficient (Wildman–Crippen LogP) is 5.22. The highest BCUT2D eigenvalue weighted by Crippen LogP contribution is 2.34. The number of alkyl halides is 3. The summed E-state index contributed by atoms with van der Waals surface area (Å²) in [5, 5.41) is 9.99. The van der Waals surface area contributed by atoms with Crippen molar-refractivity contribution in [3.05, 3.63) is 59.3 Å². The molecular weight excluding hydrogens is 399 g/mol. The van der Waals surface area contributed by atoms with Crippen LogP contribution >= 0.6 is 0 Å². The third kappa shape index (κ3) is 4.37. The Morgan fingerprint density at radius 1 is 1.10 bits per heavy atom. The number of aliphatic carboxylic acids is 1. The van der Waals surface area contributed by atoms with Crippen LogP contribution in [0.15, 0.2) is 42.5 Å². The monoisotopic (exact) mass is 421 g/mol. The second kappa shape index (κ2) is 7.59. The van der Waals surface area contributed by atoms with Crippen LogP contribution in [0.3, 0.4) is 0 Å². The number of hydrogen-bond acceptors (Lipinski definition) is 3. The fraction of sp³-hybridized carbons (Fsp3) is 0.318. The van der Waals surface area contributed by atoms with Crippen molar-refractivity contribution in [2.24, 2.45) is 7.05 Å². The minimum absolute atomic E-state index is 0.293. The Balaban J connectivity index is 2.05. The van der Waals surface area contributed by atoms with E-state index in [9.17, 15) is 23.1 Å². The van der Waals surface area contributed by atoms with Gasteiger partial charge in [-0.1, -0.05) is 18.2 Å². The van der Waals surface area contributed by atoms with Gasteiger partial charge in [0.05, 0.1) is 0 Å². The molecule has 0 fully saturated rings. The highest BCUT2D eigenvalue weighted by molar-refractivity contribution is 5.87. The number of hydrogen-bond donors (Lipinski definition) is 1. The summed E-state index contributed by atoms with van der Waals surface area (Å²) in [7, 11) is 1.83. The van der Waals surface area contributed by atoms with Crippen LogP contribution in [0.2, 0.25) is 0 Å². The second-order valence-electron chi connectivity index (χ2n) is 7.55. The second-order valence-corrected chi connectivity index (χ2v) is 7.55. The smallest absolute Gasteiger partial charge is 0.478 e. The van der Waals surface area contributed by atoms with Gasteiger partial charge in [0.15, 0.2) is 5.60 Å². The van der Waals surface area contributed by atoms with Crippen LogP contribution in [0.1, 0.15) is 30.7 Å². The van der Waals surface area contributed by atoms with Gasteiger partial charge in [-0.05, 0) is 56.2 Å². The molecule has 0 aliphatic carbocycles. The van der Waals surface area contributed by atoms with E-state index in [1.807, 2.05) is 24.6 Å². The first-order valence-electron chi connectivity index (χ1n) is 9.23. The molecule has 1 N–H and O–H groups in total. The third-order valence-corrected chi connectivity index (χ3v) is 5.05. The molecule has 0 aliphatic rings. The van der Waals surface area contributed by atoms with Gasteiger partial charge in [-0.2, -0.15) is 0 Å². The molecule has 0 aliphatic heterocycles. The SMILES string of the molecule is Cc1c(Cc2ccccc2OC(C)(C)C(=O)O)c2cc(OC(F)(F)F)ccc2n1C. The van der Waals surface area contributed by atoms with Gasteiger partial charge in [0.1, 0.15) is 11.5 Å². The maximum atomic E-state index is 12.7. The lowest BCUT2D eigenvalue weighted by molar-refractivity contribution is -0.274. The van der Waals surface area contributed by atoms with Crippen molar-refractivity contribution < 1.29 is 32.5 Å². The molecule has 0 saturated heterocycles. The number of carbonyl (C=O) groups is 1. The molecule has 0 saturated carbocycles. The molecule has 3 aromatic rings. The summed E-state index contributed by atoms with van der Waals surface area (Å²) in [6.07, 6.45) is -4.43. The molecule has 0 radical (unpaired) electrons. The number of fused-ring (bicyclic) bond motifs is 1. The Hall–Kier alpha value is -3.16. The van der Waals surface area contributed by atoms with Gasteiger partial charge in [-0.15, -0.1) is 13.2 Å². The molecule has 0 unspecified atom stereocenters. The van der Waals surface area contributed by atoms with Gasteiger partial charge in [-0.3, -0.25) is 0 Å². The molecule has 0 spiro atoms. The quantitative estimate of drug-likeness (QED) is 0.593. The Labute approximate surface area is 171 Å². The molecular formula is C22H22F3NO4. The van der Waals surface area contributed by atoms with Crippen LogP contribution in [-0.4, -0.2) is 27.6 Å². The highest BCUT2D eigenvalue weighted by Gasteiger charge is 2.32. The number of para-hydroxylation sites is 1. The van der Waals surface area contributed by atoms with E-state index in [1.54, 1.807) is 24.3 Å². The van der Waals surface area contributed by atoms with Crippen LogP contribution in [0, 0.1) is 6.92 Å². The first-order chi connectivity index (χ1) is 13.9. The summed E-state index contributed by atoms with van der Waals surface area (Å²) in [6, 6.07) is 11.3. The Morgan fingerprint density at radius 2 is 1.77 bits per heavy atom. The van der Waals surface area contributed by atoms with Crippen molar-refractivity contribution in [2.75, 3.05) is 0 Å². The minimum Gasteiger partial charge on any atom is -0.478 e. The summed E-state index contributed by atoms with van der Waals surface area (Å²) in [4.78, 5) is 11.4. The number of carboxylic acid groups (broad SMARTS) is 1. The average molecular weight is 421 g/mol. The van der Waals surface area contributed by atoms with Gasteiger partial charge in [0, 0.05) is 30.1 Å². The first kappa shape index (κ1) is 21.5. The number of nitrogens with zero attached hydrogens (tertiary/aromatic N) is 1. The Morgan fingerprint density at radius 3 is 2.40 bits per heavy atom. The van der Waals surface area contributed by atoms with E-state index >= 15 is 0 Å². The van der Waals surface area contributed by atoms with E-state index in [4.69, 9.17) is 4.74 Å². The Bertz CT molecular complexity index is 1100. The molecule has 0 atom stereocenters. The molecule has 5 nitrogen and oxygen atoms in total. The molecule has 1 aromatic heterocycles. The van der Waals surface area contributed by atoms with Gasteiger partial charge in [0.2, 0.25) is 0 Å². The lowest BCUT2D eigenvalue weighted by Crippen LogP contribution is -2.38. The van der Waals surface area contributed by atoms with E-state index < -0.39 is 17.9 Å². The predicted molar refractivity (Wildman–Crippen MR) is 106 cm³/mol. The molecule has 160 valence electrons. The average Bonchev–Trinajstić information content (AvgIpc) is 2.86. The van der Waals surface area contributed by atoms with Crippen LogP contribution < -0.4 is 9.47 Å². The summed E-state index contributed by atoms with van der Waals surface area (Å²) < 4.78 is 49.7. The zero-order chi connectivity index (χ0) is 22.3. The number of ether oxygens (including phenoxy) is 2. The van der Waals surface area contributed by atoms with Crippen LogP contribution in [0.5, 0.6) is 11.5 Å². The van der Waals surface area contributed by atoms with Gasteiger partial charge >= 0.3 is 12.3 Å². The third-order valence-electron chi connectivity index (χ3n) is 5.05. The largest absolute Gasteiger partial charge is 0.573 e. The molecule has 0 amide bonds. The zero-order valence-electron chi connectivity index (χ0n) is 17.0. The van der Waals surface area contributed by atoms with Crippen molar-refractivity contribution in [3.63, 3.8) is 0 Å². The summed E-state index contributed by atoms with van der Waals surface area (Å²) >= 11 is 0. The number of halogens is 3. The standard InChI is InChI=1S/C22H22F3NO4/c1-13-16(11-14-7-5-6-8-19(14)30-21(2,3)20(27)28)17-12-15(29-22(23,24)25)9-10-18(17)26(13)4/h5-10,12H,11H2,1-4H3,(H,27,28). The van der Waals surface area contributed by atoms with Crippen molar-refractivity contribution in [2.45, 2.75) is 39.2 Å². The van der Waals surface area contributed by atoms with E-state index in [1.165, 1.54) is 26.0 Å². The van der Waals surface area contributed by atoms with Gasteiger partial charge in [0.25, 0.3) is 0 Å². The number of benzene rings is 2. The number of aromatic nitrogens is 1. The molecule has 2 aromatic carbocycles. The van der Waals surface area contributed by atoms with Gasteiger partial charge in [-0.25, -0.2) is 4.79 Å². The maximum Gasteiger partial charge on any atom is 0.573 e. The first-order valence-corrected chi connectivity index (χ1v) is 9.23. The summed E-state index contributed by atoms with van der Waals surface area (Å²) in [6.45, 7) is 4.79. The zero-order valence-corrected chi connectivity index (χ0v) is 17.0. The van der Waals surface area contributed by atoms with Crippen molar-refractivity contribution >= 4 is 16.9 Å². The molecule has 1 heterocycles. The van der Waals surface area contributed by atoms with Crippen molar-refractivity contribution in [3.8, 4) is 11.5 Å². The lowest BCUT2D eigenvalue weighted by atomic mass is 10.0. The van der Waals surface area contributed by atoms with Gasteiger partial charge < -0.3 is 19.1 Å². The molecule has 0 bridgehead atoms. The lowest BCUT2D eigenvalue weighted by Gasteiger charge is -2.23. The number of rotatable bonds is 6. The number of aryl methyl sites for hydroxylation is 1. The highest BCUT2D eigenvalue weighted by atomic mass is 19.4. The summed E-state index contributed by atoms with van der Waals surface area (Å²) in [5.41, 5.74) is 1.74. The normalized spacial score (nSPS) is 12.2. The molecule has 30 heavy (non-hydrogen) atoms. The fourth-order valence-electron chi connectivity index (χ4n) is 3.31. The number of carboxylic acids is 1. The maximum absolute atomic E-state index is 12.7. The van der Waals surface area contributed by atoms with E-state index in [0.717, 1.165) is 22.3 Å². The molecule has 3 rings (SSSR count). The van der Waals surface area contributed by atoms with Crippen molar-refractivity contribution in [1.82, 2.24) is 4.57 Å². The topological polar surface area (TPSA) is 60.7 Å². The fourth-order valence-corrected chi connectivity index (χ4v) is 3.31. The van der Waals surface area contributed by atoms with E-state index in [0.29, 0.717) is 17.6 Å². The summed E-state index contributed by atoms with van der Waals surface area (Å²) in [5.74, 6) is -0.991. The van der Waals surface area contributed by atoms with Crippen LogP contribution in [-0.2, 0) is 18.3 Å². The molecule has 8 heteroatoms. The van der Waals surface area contributed by atoms with Crippen LogP contribution in [0.4, 0.5) is 13.2 Å².